The van der Waals surface area contributed by atoms with Crippen LogP contribution < -0.4 is 5.73 Å². The van der Waals surface area contributed by atoms with Crippen LogP contribution in [0, 0.1) is 0 Å². The third kappa shape index (κ3) is 2.32. The molecule has 0 saturated heterocycles. The Morgan fingerprint density at radius 3 is 2.65 bits per heavy atom. The molecule has 0 spiro atoms. The second-order valence-electron chi connectivity index (χ2n) is 3.42. The Morgan fingerprint density at radius 2 is 2.06 bits per heavy atom. The topological polar surface area (TPSA) is 104 Å². The fraction of sp³-hybridized carbons (Fsp3) is 0.222. The predicted octanol–water partition coefficient (Wildman–Crippen LogP) is -0.475. The zero-order valence-electron chi connectivity index (χ0n) is 9.11. The SMILES string of the molecule is CS(=O)(=O)c1cnn(-c2nccnc2CN)c1. The Labute approximate surface area is 98.2 Å². The lowest BCUT2D eigenvalue weighted by Crippen LogP contribution is -2.09. The molecule has 17 heavy (non-hydrogen) atoms. The molecular weight excluding hydrogens is 242 g/mol. The van der Waals surface area contributed by atoms with Crippen molar-refractivity contribution in [3.63, 3.8) is 0 Å². The Balaban J connectivity index is 2.51. The Bertz CT molecular complexity index is 634. The molecule has 0 aliphatic rings. The normalized spacial score (nSPS) is 11.6. The van der Waals surface area contributed by atoms with E-state index in [9.17, 15) is 8.42 Å². The van der Waals surface area contributed by atoms with Crippen molar-refractivity contribution in [3.05, 3.63) is 30.5 Å². The lowest BCUT2D eigenvalue weighted by Gasteiger charge is -2.03. The Hall–Kier alpha value is -1.80. The van der Waals surface area contributed by atoms with Crippen LogP contribution in [0.1, 0.15) is 5.69 Å². The van der Waals surface area contributed by atoms with Crippen LogP contribution in [0.15, 0.2) is 29.7 Å². The summed E-state index contributed by atoms with van der Waals surface area (Å²) in [6.45, 7) is 0.206. The highest BCUT2D eigenvalue weighted by molar-refractivity contribution is 7.90. The highest BCUT2D eigenvalue weighted by Gasteiger charge is 2.13. The van der Waals surface area contributed by atoms with Gasteiger partial charge in [-0.3, -0.25) is 4.98 Å². The predicted molar refractivity (Wildman–Crippen MR) is 60.2 cm³/mol. The summed E-state index contributed by atoms with van der Waals surface area (Å²) in [5.41, 5.74) is 6.07. The number of hydrogen-bond acceptors (Lipinski definition) is 6. The van der Waals surface area contributed by atoms with Crippen molar-refractivity contribution in [2.75, 3.05) is 6.26 Å². The van der Waals surface area contributed by atoms with Crippen LogP contribution in [0.25, 0.3) is 5.82 Å². The lowest BCUT2D eigenvalue weighted by molar-refractivity contribution is 0.602. The maximum Gasteiger partial charge on any atom is 0.178 e. The van der Waals surface area contributed by atoms with Gasteiger partial charge in [0, 0.05) is 25.2 Å². The van der Waals surface area contributed by atoms with E-state index in [4.69, 9.17) is 5.73 Å². The molecule has 0 amide bonds. The molecule has 2 aromatic rings. The minimum atomic E-state index is -3.27. The van der Waals surface area contributed by atoms with Gasteiger partial charge in [0.05, 0.1) is 18.1 Å². The minimum Gasteiger partial charge on any atom is -0.325 e. The van der Waals surface area contributed by atoms with Crippen molar-refractivity contribution < 1.29 is 8.42 Å². The first-order chi connectivity index (χ1) is 8.02. The monoisotopic (exact) mass is 253 g/mol. The first kappa shape index (κ1) is 11.7. The molecule has 2 aromatic heterocycles. The molecule has 0 aliphatic carbocycles. The van der Waals surface area contributed by atoms with Crippen LogP contribution in [-0.2, 0) is 16.4 Å². The number of rotatable bonds is 3. The quantitative estimate of drug-likeness (QED) is 0.792. The van der Waals surface area contributed by atoms with Crippen LogP contribution in [0.2, 0.25) is 0 Å². The van der Waals surface area contributed by atoms with Gasteiger partial charge in [0.15, 0.2) is 15.7 Å². The first-order valence-corrected chi connectivity index (χ1v) is 6.66. The van der Waals surface area contributed by atoms with Crippen molar-refractivity contribution in [1.82, 2.24) is 19.7 Å². The van der Waals surface area contributed by atoms with Gasteiger partial charge in [-0.1, -0.05) is 0 Å². The number of nitrogens with zero attached hydrogens (tertiary/aromatic N) is 4. The molecule has 0 saturated carbocycles. The largest absolute Gasteiger partial charge is 0.325 e. The van der Waals surface area contributed by atoms with Gasteiger partial charge in [0.1, 0.15) is 4.90 Å². The minimum absolute atomic E-state index is 0.131. The molecule has 8 heteroatoms. The van der Waals surface area contributed by atoms with E-state index in [1.807, 2.05) is 0 Å². The van der Waals surface area contributed by atoms with Crippen molar-refractivity contribution in [1.29, 1.82) is 0 Å². The number of aromatic nitrogens is 4. The van der Waals surface area contributed by atoms with E-state index in [0.29, 0.717) is 11.5 Å². The summed E-state index contributed by atoms with van der Waals surface area (Å²) in [7, 11) is -3.27. The van der Waals surface area contributed by atoms with Crippen molar-refractivity contribution in [2.24, 2.45) is 5.73 Å². The van der Waals surface area contributed by atoms with E-state index < -0.39 is 9.84 Å². The fourth-order valence-electron chi connectivity index (χ4n) is 1.31. The van der Waals surface area contributed by atoms with E-state index in [2.05, 4.69) is 15.1 Å². The summed E-state index contributed by atoms with van der Waals surface area (Å²) < 4.78 is 24.0. The molecule has 0 fully saturated rings. The summed E-state index contributed by atoms with van der Waals surface area (Å²) >= 11 is 0. The zero-order valence-corrected chi connectivity index (χ0v) is 9.92. The van der Waals surface area contributed by atoms with E-state index in [1.54, 1.807) is 0 Å². The van der Waals surface area contributed by atoms with Crippen LogP contribution in [0.4, 0.5) is 0 Å². The van der Waals surface area contributed by atoms with Crippen molar-refractivity contribution in [2.45, 2.75) is 11.4 Å². The van der Waals surface area contributed by atoms with Crippen molar-refractivity contribution in [3.8, 4) is 5.82 Å². The molecular formula is C9H11N5O2S. The van der Waals surface area contributed by atoms with Gasteiger partial charge in [-0.15, -0.1) is 0 Å². The molecule has 0 aromatic carbocycles. The van der Waals surface area contributed by atoms with E-state index in [1.165, 1.54) is 29.5 Å². The lowest BCUT2D eigenvalue weighted by atomic mass is 10.4. The maximum atomic E-state index is 11.3. The zero-order chi connectivity index (χ0) is 12.5. The fourth-order valence-corrected chi connectivity index (χ4v) is 1.84. The van der Waals surface area contributed by atoms with Gasteiger partial charge in [-0.25, -0.2) is 18.1 Å². The standard InChI is InChI=1S/C9H11N5O2S/c1-17(15,16)7-5-13-14(6-7)9-8(4-10)11-2-3-12-9/h2-3,5-6H,4,10H2,1H3. The van der Waals surface area contributed by atoms with Crippen molar-refractivity contribution >= 4 is 9.84 Å². The van der Waals surface area contributed by atoms with Crippen LogP contribution in [0.5, 0.6) is 0 Å². The highest BCUT2D eigenvalue weighted by Crippen LogP contribution is 2.12. The average molecular weight is 253 g/mol. The maximum absolute atomic E-state index is 11.3. The highest BCUT2D eigenvalue weighted by atomic mass is 32.2. The van der Waals surface area contributed by atoms with Gasteiger partial charge in [-0.05, 0) is 0 Å². The number of nitrogens with two attached hydrogens (primary N) is 1. The second kappa shape index (κ2) is 4.22. The van der Waals surface area contributed by atoms with Gasteiger partial charge in [0.25, 0.3) is 0 Å². The molecule has 0 unspecified atom stereocenters. The molecule has 2 N–H and O–H groups in total. The van der Waals surface area contributed by atoms with E-state index in [-0.39, 0.29) is 11.4 Å². The molecule has 0 aliphatic heterocycles. The van der Waals surface area contributed by atoms with Crippen LogP contribution in [0.3, 0.4) is 0 Å². The summed E-state index contributed by atoms with van der Waals surface area (Å²) in [6.07, 6.45) is 6.79. The first-order valence-electron chi connectivity index (χ1n) is 4.77. The van der Waals surface area contributed by atoms with Gasteiger partial charge >= 0.3 is 0 Å². The number of sulfone groups is 1. The number of hydrogen-bond donors (Lipinski definition) is 1. The smallest absolute Gasteiger partial charge is 0.178 e. The van der Waals surface area contributed by atoms with Gasteiger partial charge < -0.3 is 5.73 Å². The molecule has 0 atom stereocenters. The summed E-state index contributed by atoms with van der Waals surface area (Å²) in [6, 6.07) is 0. The summed E-state index contributed by atoms with van der Waals surface area (Å²) in [5, 5.41) is 3.94. The molecule has 90 valence electrons. The van der Waals surface area contributed by atoms with Crippen LogP contribution in [-0.4, -0.2) is 34.4 Å². The second-order valence-corrected chi connectivity index (χ2v) is 5.44. The van der Waals surface area contributed by atoms with Gasteiger partial charge in [0.2, 0.25) is 0 Å². The van der Waals surface area contributed by atoms with Crippen LogP contribution >= 0.6 is 0 Å². The molecule has 0 bridgehead atoms. The molecule has 2 heterocycles. The third-order valence-corrected chi connectivity index (χ3v) is 3.22. The van der Waals surface area contributed by atoms with E-state index in [0.717, 1.165) is 6.26 Å². The molecule has 2 rings (SSSR count). The summed E-state index contributed by atoms with van der Waals surface area (Å²) in [4.78, 5) is 8.26. The van der Waals surface area contributed by atoms with E-state index >= 15 is 0 Å². The average Bonchev–Trinajstić information content (AvgIpc) is 2.77. The third-order valence-electron chi connectivity index (χ3n) is 2.15. The molecule has 7 nitrogen and oxygen atoms in total. The Kier molecular flexibility index (Phi) is 2.90. The summed E-state index contributed by atoms with van der Waals surface area (Å²) in [5.74, 6) is 0.435. The van der Waals surface area contributed by atoms with Gasteiger partial charge in [-0.2, -0.15) is 5.10 Å². The Morgan fingerprint density at radius 1 is 1.35 bits per heavy atom. The molecule has 0 radical (unpaired) electrons.